The summed E-state index contributed by atoms with van der Waals surface area (Å²) >= 11 is 0. The number of nitrogens with zero attached hydrogens (tertiary/aromatic N) is 1. The summed E-state index contributed by atoms with van der Waals surface area (Å²) in [5.41, 5.74) is 0. The minimum Gasteiger partial charge on any atom is -1.00 e. The number of unbranched alkanes of at least 4 members (excludes halogenated alkanes) is 17. The van der Waals surface area contributed by atoms with E-state index in [4.69, 9.17) is 9.47 Å². The van der Waals surface area contributed by atoms with Crippen LogP contribution in [0.1, 0.15) is 156 Å². The molecule has 0 saturated heterocycles. The second-order valence-electron chi connectivity index (χ2n) is 12.2. The van der Waals surface area contributed by atoms with E-state index in [1.165, 1.54) is 122 Å². The van der Waals surface area contributed by atoms with E-state index < -0.39 is 0 Å². The maximum absolute atomic E-state index is 6.41. The summed E-state index contributed by atoms with van der Waals surface area (Å²) in [6.45, 7) is 9.75. The van der Waals surface area contributed by atoms with Crippen LogP contribution in [0.25, 0.3) is 0 Å². The highest BCUT2D eigenvalue weighted by Gasteiger charge is 2.19. The topological polar surface area (TPSA) is 18.5 Å². The van der Waals surface area contributed by atoms with Crippen molar-refractivity contribution in [3.63, 3.8) is 0 Å². The summed E-state index contributed by atoms with van der Waals surface area (Å²) in [5.74, 6) is 0. The average Bonchev–Trinajstić information content (AvgIpc) is 2.82. The minimum atomic E-state index is 0. The largest absolute Gasteiger partial charge is 1.00 e. The van der Waals surface area contributed by atoms with E-state index in [0.717, 1.165) is 37.1 Å². The highest BCUT2D eigenvalue weighted by Crippen LogP contribution is 2.17. The van der Waals surface area contributed by atoms with E-state index in [1.807, 2.05) is 0 Å². The fraction of sp³-hybridized carbons (Fsp3) is 1.00. The lowest BCUT2D eigenvalue weighted by Crippen LogP contribution is -3.00. The van der Waals surface area contributed by atoms with Gasteiger partial charge in [0.25, 0.3) is 0 Å². The Hall–Kier alpha value is 0.170. The number of rotatable bonds is 28. The quantitative estimate of drug-likeness (QED) is 0.0820. The summed E-state index contributed by atoms with van der Waals surface area (Å²) in [6.07, 6.45) is 29.0. The van der Waals surface area contributed by atoms with E-state index in [1.54, 1.807) is 0 Å². The lowest BCUT2D eigenvalue weighted by molar-refractivity contribution is -0.870. The zero-order chi connectivity index (χ0) is 26.0. The molecular formula is C32H68ClNO2. The van der Waals surface area contributed by atoms with Gasteiger partial charge in [0, 0.05) is 13.0 Å². The van der Waals surface area contributed by atoms with Gasteiger partial charge < -0.3 is 26.4 Å². The molecule has 0 radical (unpaired) electrons. The molecule has 0 spiro atoms. The van der Waals surface area contributed by atoms with Gasteiger partial charge in [0.2, 0.25) is 0 Å². The van der Waals surface area contributed by atoms with Crippen LogP contribution in [-0.4, -0.2) is 57.6 Å². The van der Waals surface area contributed by atoms with Gasteiger partial charge in [-0.25, -0.2) is 0 Å². The molecule has 0 N–H and O–H groups in total. The molecule has 0 aliphatic carbocycles. The average molecular weight is 534 g/mol. The van der Waals surface area contributed by atoms with Crippen molar-refractivity contribution in [3.05, 3.63) is 0 Å². The van der Waals surface area contributed by atoms with Crippen LogP contribution in [0, 0.1) is 0 Å². The van der Waals surface area contributed by atoms with Gasteiger partial charge in [0.15, 0.2) is 0 Å². The third kappa shape index (κ3) is 28.7. The zero-order valence-corrected chi connectivity index (χ0v) is 26.5. The minimum absolute atomic E-state index is 0. The van der Waals surface area contributed by atoms with E-state index in [-0.39, 0.29) is 24.6 Å². The molecule has 0 saturated carbocycles. The highest BCUT2D eigenvalue weighted by molar-refractivity contribution is 4.67. The third-order valence-corrected chi connectivity index (χ3v) is 7.30. The molecule has 0 aliphatic heterocycles. The first-order valence-electron chi connectivity index (χ1n) is 15.9. The van der Waals surface area contributed by atoms with Gasteiger partial charge in [-0.3, -0.25) is 0 Å². The molecule has 0 heterocycles. The van der Waals surface area contributed by atoms with Crippen molar-refractivity contribution in [1.29, 1.82) is 0 Å². The summed E-state index contributed by atoms with van der Waals surface area (Å²) in [5, 5.41) is 0. The Kier molecular flexibility index (Phi) is 30.0. The Balaban J connectivity index is 0. The molecule has 0 aromatic heterocycles. The highest BCUT2D eigenvalue weighted by atomic mass is 35.5. The molecule has 0 aliphatic rings. The van der Waals surface area contributed by atoms with Crippen molar-refractivity contribution >= 4 is 0 Å². The molecule has 220 valence electrons. The van der Waals surface area contributed by atoms with E-state index in [0.29, 0.717) is 0 Å². The molecule has 4 heteroatoms. The van der Waals surface area contributed by atoms with Crippen molar-refractivity contribution in [2.24, 2.45) is 0 Å². The molecule has 1 unspecified atom stereocenters. The number of hydrogen-bond donors (Lipinski definition) is 0. The van der Waals surface area contributed by atoms with Gasteiger partial charge in [0.05, 0.1) is 46.5 Å². The normalized spacial score (nSPS) is 13.5. The second kappa shape index (κ2) is 28.2. The van der Waals surface area contributed by atoms with Crippen LogP contribution in [0.5, 0.6) is 0 Å². The number of halogens is 1. The Bertz CT molecular complexity index is 413. The molecule has 0 amide bonds. The first-order chi connectivity index (χ1) is 16.9. The predicted molar refractivity (Wildman–Crippen MR) is 156 cm³/mol. The molecule has 3 nitrogen and oxygen atoms in total. The van der Waals surface area contributed by atoms with Gasteiger partial charge in [-0.05, 0) is 19.8 Å². The van der Waals surface area contributed by atoms with Crippen LogP contribution >= 0.6 is 0 Å². The fourth-order valence-corrected chi connectivity index (χ4v) is 4.85. The van der Waals surface area contributed by atoms with Crippen molar-refractivity contribution in [3.8, 4) is 0 Å². The standard InChI is InChI=1S/C32H68NO2.ClH/c1-7-9-11-13-15-17-18-19-20-22-24-27-32(31(3)34-30-26-28-33(4,5)6)35-29-25-23-21-16-14-12-10-8-2;/h31-32H,7-30H2,1-6H3;1H/q+1;/p-1/t31-,32?;/m0./s1. The number of quaternary nitrogens is 1. The summed E-state index contributed by atoms with van der Waals surface area (Å²) in [4.78, 5) is 0. The van der Waals surface area contributed by atoms with Gasteiger partial charge >= 0.3 is 0 Å². The van der Waals surface area contributed by atoms with Crippen molar-refractivity contribution in [2.75, 3.05) is 40.9 Å². The number of hydrogen-bond acceptors (Lipinski definition) is 2. The van der Waals surface area contributed by atoms with Crippen molar-refractivity contribution in [2.45, 2.75) is 168 Å². The molecule has 2 atom stereocenters. The Morgan fingerprint density at radius 2 is 0.889 bits per heavy atom. The van der Waals surface area contributed by atoms with Crippen LogP contribution < -0.4 is 12.4 Å². The molecular weight excluding hydrogens is 466 g/mol. The zero-order valence-electron chi connectivity index (χ0n) is 25.8. The lowest BCUT2D eigenvalue weighted by Gasteiger charge is -2.27. The first kappa shape index (κ1) is 38.3. The molecule has 0 bridgehead atoms. The van der Waals surface area contributed by atoms with Gasteiger partial charge in [-0.2, -0.15) is 0 Å². The van der Waals surface area contributed by atoms with E-state index >= 15 is 0 Å². The molecule has 0 aromatic rings. The summed E-state index contributed by atoms with van der Waals surface area (Å²) in [7, 11) is 6.77. The van der Waals surface area contributed by atoms with E-state index in [9.17, 15) is 0 Å². The van der Waals surface area contributed by atoms with Crippen LogP contribution in [0.4, 0.5) is 0 Å². The molecule has 36 heavy (non-hydrogen) atoms. The van der Waals surface area contributed by atoms with Crippen LogP contribution in [0.2, 0.25) is 0 Å². The van der Waals surface area contributed by atoms with Crippen molar-refractivity contribution in [1.82, 2.24) is 0 Å². The Labute approximate surface area is 234 Å². The first-order valence-corrected chi connectivity index (χ1v) is 15.9. The van der Waals surface area contributed by atoms with Crippen LogP contribution in [0.15, 0.2) is 0 Å². The maximum atomic E-state index is 6.41. The molecule has 0 fully saturated rings. The Morgan fingerprint density at radius 1 is 0.500 bits per heavy atom. The fourth-order valence-electron chi connectivity index (χ4n) is 4.85. The SMILES string of the molecule is CCCCCCCCCCCCCC(OCCCCCCCCCC)[C@H](C)OCCC[N+](C)(C)C.[Cl-]. The Morgan fingerprint density at radius 3 is 1.33 bits per heavy atom. The van der Waals surface area contributed by atoms with E-state index in [2.05, 4.69) is 41.9 Å². The lowest BCUT2D eigenvalue weighted by atomic mass is 10.0. The smallest absolute Gasteiger partial charge is 0.0833 e. The predicted octanol–water partition coefficient (Wildman–Crippen LogP) is 6.72. The van der Waals surface area contributed by atoms with Crippen molar-refractivity contribution < 1.29 is 26.4 Å². The van der Waals surface area contributed by atoms with Crippen LogP contribution in [-0.2, 0) is 9.47 Å². The van der Waals surface area contributed by atoms with Crippen LogP contribution in [0.3, 0.4) is 0 Å². The van der Waals surface area contributed by atoms with Gasteiger partial charge in [0.1, 0.15) is 0 Å². The summed E-state index contributed by atoms with van der Waals surface area (Å²) in [6, 6.07) is 0. The summed E-state index contributed by atoms with van der Waals surface area (Å²) < 4.78 is 13.7. The monoisotopic (exact) mass is 533 g/mol. The third-order valence-electron chi connectivity index (χ3n) is 7.30. The second-order valence-corrected chi connectivity index (χ2v) is 12.2. The maximum Gasteiger partial charge on any atom is 0.0833 e. The van der Waals surface area contributed by atoms with Gasteiger partial charge in [-0.1, -0.05) is 129 Å². The number of ether oxygens (including phenoxy) is 2. The molecule has 0 aromatic carbocycles. The van der Waals surface area contributed by atoms with Gasteiger partial charge in [-0.15, -0.1) is 0 Å². The molecule has 0 rings (SSSR count).